The zero-order chi connectivity index (χ0) is 10.1. The smallest absolute Gasteiger partial charge is 0.292 e. The molecular formula is C9H19NNiOS2. The van der Waals surface area contributed by atoms with Crippen LogP contribution in [0.3, 0.4) is 0 Å². The molecule has 0 aliphatic carbocycles. The van der Waals surface area contributed by atoms with E-state index in [2.05, 4.69) is 25.5 Å². The van der Waals surface area contributed by atoms with Crippen LogP contribution in [0.25, 0.3) is 0 Å². The number of amides is 1. The number of nitrogens with zero attached hydrogens (tertiary/aromatic N) is 1. The Morgan fingerprint density at radius 1 is 1.21 bits per heavy atom. The average Bonchev–Trinajstić information content (AvgIpc) is 2.17. The Morgan fingerprint density at radius 2 is 1.64 bits per heavy atom. The van der Waals surface area contributed by atoms with Crippen molar-refractivity contribution in [1.29, 1.82) is 0 Å². The van der Waals surface area contributed by atoms with E-state index in [9.17, 15) is 4.79 Å². The van der Waals surface area contributed by atoms with Crippen LogP contribution in [-0.4, -0.2) is 23.2 Å². The molecule has 0 bridgehead atoms. The first-order valence-electron chi connectivity index (χ1n) is 4.86. The van der Waals surface area contributed by atoms with Crippen molar-refractivity contribution in [3.63, 3.8) is 0 Å². The number of thiol groups is 1. The molecule has 0 N–H and O–H groups in total. The van der Waals surface area contributed by atoms with Crippen molar-refractivity contribution in [2.75, 3.05) is 13.1 Å². The van der Waals surface area contributed by atoms with Crippen molar-refractivity contribution in [3.05, 3.63) is 0 Å². The standard InChI is InChI=1S/C9H19NOS2.Ni/c1-3-5-7-10(8-6-4-2)9(11)13-12;/h12H,3-8H2,1-2H3;. The summed E-state index contributed by atoms with van der Waals surface area (Å²) in [5.74, 6) is 0. The van der Waals surface area contributed by atoms with E-state index >= 15 is 0 Å². The predicted molar refractivity (Wildman–Crippen MR) is 63.4 cm³/mol. The maximum absolute atomic E-state index is 11.3. The van der Waals surface area contributed by atoms with Crippen LogP contribution in [0.1, 0.15) is 39.5 Å². The molecule has 0 aliphatic rings. The fourth-order valence-electron chi connectivity index (χ4n) is 1.05. The number of rotatable bonds is 6. The van der Waals surface area contributed by atoms with E-state index in [0.717, 1.165) is 49.6 Å². The largest absolute Gasteiger partial charge is 0.333 e. The van der Waals surface area contributed by atoms with Gasteiger partial charge < -0.3 is 4.90 Å². The van der Waals surface area contributed by atoms with Crippen LogP contribution in [0, 0.1) is 0 Å². The van der Waals surface area contributed by atoms with Crippen LogP contribution < -0.4 is 0 Å². The maximum atomic E-state index is 11.3. The van der Waals surface area contributed by atoms with E-state index in [4.69, 9.17) is 0 Å². The SMILES string of the molecule is CCCCN(CCCC)C(=O)SS.[Ni]. The summed E-state index contributed by atoms with van der Waals surface area (Å²) in [6.45, 7) is 6.03. The van der Waals surface area contributed by atoms with Gasteiger partial charge in [0.05, 0.1) is 0 Å². The molecular weight excluding hydrogens is 261 g/mol. The molecule has 1 amide bonds. The minimum atomic E-state index is 0. The molecule has 0 aromatic carbocycles. The normalized spacial score (nSPS) is 9.36. The summed E-state index contributed by atoms with van der Waals surface area (Å²) in [6, 6.07) is 0. The van der Waals surface area contributed by atoms with E-state index in [1.807, 2.05) is 4.90 Å². The molecule has 0 atom stereocenters. The fourth-order valence-corrected chi connectivity index (χ4v) is 1.69. The van der Waals surface area contributed by atoms with Crippen molar-refractivity contribution >= 4 is 27.7 Å². The third-order valence-electron chi connectivity index (χ3n) is 1.90. The monoisotopic (exact) mass is 279 g/mol. The van der Waals surface area contributed by atoms with E-state index < -0.39 is 0 Å². The first-order chi connectivity index (χ1) is 6.26. The van der Waals surface area contributed by atoms with E-state index in [0.29, 0.717) is 0 Å². The summed E-state index contributed by atoms with van der Waals surface area (Å²) in [5.41, 5.74) is 0. The van der Waals surface area contributed by atoms with E-state index in [1.165, 1.54) is 0 Å². The van der Waals surface area contributed by atoms with Crippen molar-refractivity contribution < 1.29 is 21.3 Å². The van der Waals surface area contributed by atoms with Gasteiger partial charge in [-0.3, -0.25) is 4.79 Å². The van der Waals surface area contributed by atoms with Gasteiger partial charge in [0.1, 0.15) is 0 Å². The molecule has 0 aliphatic heterocycles. The van der Waals surface area contributed by atoms with Crippen LogP contribution in [0.5, 0.6) is 0 Å². The summed E-state index contributed by atoms with van der Waals surface area (Å²) in [6.07, 6.45) is 4.44. The Balaban J connectivity index is 0. The molecule has 0 saturated carbocycles. The summed E-state index contributed by atoms with van der Waals surface area (Å²) in [5, 5.41) is 0.0882. The van der Waals surface area contributed by atoms with E-state index in [1.54, 1.807) is 0 Å². The molecule has 88 valence electrons. The number of hydrogen-bond acceptors (Lipinski definition) is 3. The number of carbonyl (C=O) groups is 1. The van der Waals surface area contributed by atoms with Crippen LogP contribution in [-0.2, 0) is 16.5 Å². The molecule has 0 unspecified atom stereocenters. The van der Waals surface area contributed by atoms with Gasteiger partial charge in [0.15, 0.2) is 0 Å². The van der Waals surface area contributed by atoms with Crippen LogP contribution in [0.15, 0.2) is 0 Å². The second-order valence-electron chi connectivity index (χ2n) is 3.05. The second kappa shape index (κ2) is 11.7. The van der Waals surface area contributed by atoms with Gasteiger partial charge in [-0.25, -0.2) is 0 Å². The molecule has 5 heteroatoms. The summed E-state index contributed by atoms with van der Waals surface area (Å²) < 4.78 is 0. The topological polar surface area (TPSA) is 20.3 Å². The molecule has 0 heterocycles. The fraction of sp³-hybridized carbons (Fsp3) is 0.889. The van der Waals surface area contributed by atoms with Gasteiger partial charge in [-0.05, 0) is 12.8 Å². The first kappa shape index (κ1) is 17.1. The van der Waals surface area contributed by atoms with Crippen molar-refractivity contribution in [2.45, 2.75) is 39.5 Å². The second-order valence-corrected chi connectivity index (χ2v) is 4.13. The first-order valence-corrected chi connectivity index (χ1v) is 6.73. The Labute approximate surface area is 106 Å². The maximum Gasteiger partial charge on any atom is 0.292 e. The predicted octanol–water partition coefficient (Wildman–Crippen LogP) is 3.58. The molecule has 0 saturated heterocycles. The van der Waals surface area contributed by atoms with Crippen molar-refractivity contribution in [1.82, 2.24) is 4.90 Å². The Kier molecular flexibility index (Phi) is 14.3. The zero-order valence-electron chi connectivity index (χ0n) is 8.77. The van der Waals surface area contributed by atoms with Gasteiger partial charge in [-0.2, -0.15) is 0 Å². The average molecular weight is 280 g/mol. The quantitative estimate of drug-likeness (QED) is 0.456. The summed E-state index contributed by atoms with van der Waals surface area (Å²) in [4.78, 5) is 13.2. The molecule has 0 spiro atoms. The Morgan fingerprint density at radius 3 is 1.93 bits per heavy atom. The third-order valence-corrected chi connectivity index (χ3v) is 2.78. The number of hydrogen-bond donors (Lipinski definition) is 1. The van der Waals surface area contributed by atoms with Gasteiger partial charge in [0, 0.05) is 40.4 Å². The molecule has 2 nitrogen and oxygen atoms in total. The summed E-state index contributed by atoms with van der Waals surface area (Å²) >= 11 is 3.92. The summed E-state index contributed by atoms with van der Waals surface area (Å²) in [7, 11) is 1.02. The van der Waals surface area contributed by atoms with Crippen LogP contribution >= 0.6 is 22.5 Å². The van der Waals surface area contributed by atoms with Gasteiger partial charge in [-0.1, -0.05) is 26.7 Å². The minimum Gasteiger partial charge on any atom is -0.333 e. The van der Waals surface area contributed by atoms with Crippen molar-refractivity contribution in [2.24, 2.45) is 0 Å². The Bertz CT molecular complexity index is 139. The molecule has 0 aromatic heterocycles. The van der Waals surface area contributed by atoms with Gasteiger partial charge >= 0.3 is 0 Å². The van der Waals surface area contributed by atoms with Crippen molar-refractivity contribution in [3.8, 4) is 0 Å². The Hall–Kier alpha value is 0.664. The van der Waals surface area contributed by atoms with Gasteiger partial charge in [0.2, 0.25) is 0 Å². The minimum absolute atomic E-state index is 0. The molecule has 0 fully saturated rings. The third kappa shape index (κ3) is 8.01. The molecule has 0 radical (unpaired) electrons. The number of unbranched alkanes of at least 4 members (excludes halogenated alkanes) is 2. The van der Waals surface area contributed by atoms with Gasteiger partial charge in [-0.15, -0.1) is 11.7 Å². The zero-order valence-corrected chi connectivity index (χ0v) is 11.5. The van der Waals surface area contributed by atoms with Crippen LogP contribution in [0.2, 0.25) is 0 Å². The molecule has 14 heavy (non-hydrogen) atoms. The molecule has 0 aromatic rings. The molecule has 0 rings (SSSR count). The van der Waals surface area contributed by atoms with Crippen LogP contribution in [0.4, 0.5) is 4.79 Å². The van der Waals surface area contributed by atoms with Gasteiger partial charge in [0.25, 0.3) is 5.24 Å². The van der Waals surface area contributed by atoms with E-state index in [-0.39, 0.29) is 21.7 Å². The number of carbonyl (C=O) groups excluding carboxylic acids is 1.